The van der Waals surface area contributed by atoms with E-state index in [1.807, 2.05) is 0 Å². The fourth-order valence-corrected chi connectivity index (χ4v) is 2.74. The number of hydrazine groups is 1. The average Bonchev–Trinajstić information content (AvgIpc) is 3.19. The molecule has 0 radical (unpaired) electrons. The van der Waals surface area contributed by atoms with Crippen LogP contribution in [0.1, 0.15) is 29.8 Å². The molecule has 1 aliphatic heterocycles. The van der Waals surface area contributed by atoms with Gasteiger partial charge in [-0.3, -0.25) is 15.6 Å². The van der Waals surface area contributed by atoms with Crippen LogP contribution in [-0.4, -0.2) is 41.5 Å². The van der Waals surface area contributed by atoms with Crippen molar-refractivity contribution in [3.63, 3.8) is 0 Å². The highest BCUT2D eigenvalue weighted by molar-refractivity contribution is 5.92. The molecule has 1 saturated carbocycles. The van der Waals surface area contributed by atoms with E-state index < -0.39 is 17.5 Å². The fourth-order valence-electron chi connectivity index (χ4n) is 2.74. The molecule has 1 aromatic rings. The second-order valence-electron chi connectivity index (χ2n) is 5.83. The number of likely N-dealkylation sites (N-methyl/N-ethyl adjacent to an activating group) is 1. The van der Waals surface area contributed by atoms with Crippen LogP contribution in [0, 0.1) is 17.6 Å². The molecule has 0 spiro atoms. The van der Waals surface area contributed by atoms with Crippen molar-refractivity contribution in [2.75, 3.05) is 13.6 Å². The first-order valence-electron chi connectivity index (χ1n) is 7.12. The van der Waals surface area contributed by atoms with E-state index in [1.54, 1.807) is 7.05 Å². The van der Waals surface area contributed by atoms with Gasteiger partial charge in [0.15, 0.2) is 11.5 Å². The predicted octanol–water partition coefficient (Wildman–Crippen LogP) is 1.08. The first-order valence-corrected chi connectivity index (χ1v) is 7.12. The standard InChI is InChI=1S/C14H18F2N4O/c1-20(7-10-5-12(19-18-10)8-2-3-8)14(21)13-11(16)4-9(15)6-17-13/h4,6,8,10,12,18-19H,2-3,5,7H2,1H3. The Hall–Kier alpha value is -1.60. The molecule has 2 fully saturated rings. The molecule has 0 aromatic carbocycles. The van der Waals surface area contributed by atoms with Gasteiger partial charge in [-0.05, 0) is 25.2 Å². The lowest BCUT2D eigenvalue weighted by Gasteiger charge is -2.20. The Morgan fingerprint density at radius 1 is 1.43 bits per heavy atom. The van der Waals surface area contributed by atoms with Crippen LogP contribution < -0.4 is 10.9 Å². The zero-order valence-corrected chi connectivity index (χ0v) is 11.8. The first kappa shape index (κ1) is 14.3. The molecule has 2 N–H and O–H groups in total. The second kappa shape index (κ2) is 5.65. The number of hydrogen-bond acceptors (Lipinski definition) is 4. The van der Waals surface area contributed by atoms with Crippen molar-refractivity contribution in [1.82, 2.24) is 20.7 Å². The lowest BCUT2D eigenvalue weighted by atomic mass is 10.1. The van der Waals surface area contributed by atoms with Crippen molar-refractivity contribution < 1.29 is 13.6 Å². The van der Waals surface area contributed by atoms with E-state index in [0.29, 0.717) is 18.7 Å². The molecule has 5 nitrogen and oxygen atoms in total. The van der Waals surface area contributed by atoms with Crippen LogP contribution in [0.4, 0.5) is 8.78 Å². The molecule has 1 saturated heterocycles. The average molecular weight is 296 g/mol. The smallest absolute Gasteiger partial charge is 0.275 e. The lowest BCUT2D eigenvalue weighted by molar-refractivity contribution is 0.0771. The van der Waals surface area contributed by atoms with Crippen LogP contribution in [0.25, 0.3) is 0 Å². The summed E-state index contributed by atoms with van der Waals surface area (Å²) in [6.07, 6.45) is 4.31. The van der Waals surface area contributed by atoms with Gasteiger partial charge in [-0.2, -0.15) is 0 Å². The van der Waals surface area contributed by atoms with Crippen molar-refractivity contribution in [3.8, 4) is 0 Å². The van der Waals surface area contributed by atoms with Gasteiger partial charge in [0.05, 0.1) is 6.20 Å². The minimum absolute atomic E-state index is 0.132. The van der Waals surface area contributed by atoms with Crippen LogP contribution in [0.5, 0.6) is 0 Å². The molecular formula is C14H18F2N4O. The largest absolute Gasteiger partial charge is 0.339 e. The minimum atomic E-state index is -0.930. The van der Waals surface area contributed by atoms with E-state index in [1.165, 1.54) is 17.7 Å². The number of halogens is 2. The number of pyridine rings is 1. The van der Waals surface area contributed by atoms with E-state index >= 15 is 0 Å². The third-order valence-electron chi connectivity index (χ3n) is 4.05. The highest BCUT2D eigenvalue weighted by Crippen LogP contribution is 2.35. The molecule has 1 aliphatic carbocycles. The van der Waals surface area contributed by atoms with Gasteiger partial charge in [-0.1, -0.05) is 0 Å². The highest BCUT2D eigenvalue weighted by atomic mass is 19.1. The van der Waals surface area contributed by atoms with Gasteiger partial charge in [0, 0.05) is 31.7 Å². The topological polar surface area (TPSA) is 57.3 Å². The summed E-state index contributed by atoms with van der Waals surface area (Å²) >= 11 is 0. The number of hydrogen-bond donors (Lipinski definition) is 2. The molecular weight excluding hydrogens is 278 g/mol. The minimum Gasteiger partial charge on any atom is -0.339 e. The molecule has 2 atom stereocenters. The van der Waals surface area contributed by atoms with Crippen LogP contribution in [0.15, 0.2) is 12.3 Å². The third kappa shape index (κ3) is 3.19. The van der Waals surface area contributed by atoms with Gasteiger partial charge in [0.2, 0.25) is 0 Å². The Bertz CT molecular complexity index is 550. The van der Waals surface area contributed by atoms with Gasteiger partial charge in [-0.25, -0.2) is 13.8 Å². The molecule has 2 unspecified atom stereocenters. The van der Waals surface area contributed by atoms with E-state index in [2.05, 4.69) is 15.8 Å². The fraction of sp³-hybridized carbons (Fsp3) is 0.571. The maximum atomic E-state index is 13.6. The summed E-state index contributed by atoms with van der Waals surface area (Å²) in [5.74, 6) is -1.52. The molecule has 114 valence electrons. The summed E-state index contributed by atoms with van der Waals surface area (Å²) in [6.45, 7) is 0.452. The van der Waals surface area contributed by atoms with Crippen LogP contribution >= 0.6 is 0 Å². The summed E-state index contributed by atoms with van der Waals surface area (Å²) in [6, 6.07) is 1.26. The quantitative estimate of drug-likeness (QED) is 0.873. The Morgan fingerprint density at radius 2 is 2.19 bits per heavy atom. The van der Waals surface area contributed by atoms with Gasteiger partial charge in [0.1, 0.15) is 5.82 Å². The second-order valence-corrected chi connectivity index (χ2v) is 5.83. The summed E-state index contributed by atoms with van der Waals surface area (Å²) < 4.78 is 26.4. The SMILES string of the molecule is CN(CC1CC(C2CC2)NN1)C(=O)c1ncc(F)cc1F. The Labute approximate surface area is 121 Å². The maximum absolute atomic E-state index is 13.6. The van der Waals surface area contributed by atoms with Crippen LogP contribution in [-0.2, 0) is 0 Å². The maximum Gasteiger partial charge on any atom is 0.275 e. The van der Waals surface area contributed by atoms with Gasteiger partial charge >= 0.3 is 0 Å². The molecule has 2 heterocycles. The van der Waals surface area contributed by atoms with Gasteiger partial charge in [0.25, 0.3) is 5.91 Å². The number of nitrogens with zero attached hydrogens (tertiary/aromatic N) is 2. The Balaban J connectivity index is 1.59. The van der Waals surface area contributed by atoms with Crippen molar-refractivity contribution in [2.24, 2.45) is 5.92 Å². The van der Waals surface area contributed by atoms with Crippen molar-refractivity contribution in [3.05, 3.63) is 29.6 Å². The summed E-state index contributed by atoms with van der Waals surface area (Å²) in [5.41, 5.74) is 6.07. The van der Waals surface area contributed by atoms with E-state index in [4.69, 9.17) is 0 Å². The molecule has 21 heavy (non-hydrogen) atoms. The molecule has 0 bridgehead atoms. The predicted molar refractivity (Wildman–Crippen MR) is 72.3 cm³/mol. The van der Waals surface area contributed by atoms with E-state index in [0.717, 1.165) is 18.5 Å². The van der Waals surface area contributed by atoms with Crippen molar-refractivity contribution >= 4 is 5.91 Å². The first-order chi connectivity index (χ1) is 10.0. The van der Waals surface area contributed by atoms with Crippen molar-refractivity contribution in [2.45, 2.75) is 31.3 Å². The monoisotopic (exact) mass is 296 g/mol. The summed E-state index contributed by atoms with van der Waals surface area (Å²) in [5, 5.41) is 0. The zero-order chi connectivity index (χ0) is 15.0. The molecule has 1 aromatic heterocycles. The normalized spacial score (nSPS) is 25.1. The molecule has 7 heteroatoms. The molecule has 1 amide bonds. The number of aromatic nitrogens is 1. The number of nitrogens with one attached hydrogen (secondary N) is 2. The van der Waals surface area contributed by atoms with Gasteiger partial charge in [-0.15, -0.1) is 0 Å². The Morgan fingerprint density at radius 3 is 2.86 bits per heavy atom. The van der Waals surface area contributed by atoms with Crippen LogP contribution in [0.3, 0.4) is 0 Å². The Kier molecular flexibility index (Phi) is 3.86. The highest BCUT2D eigenvalue weighted by Gasteiger charge is 2.37. The van der Waals surface area contributed by atoms with E-state index in [-0.39, 0.29) is 11.7 Å². The molecule has 3 rings (SSSR count). The van der Waals surface area contributed by atoms with Crippen LogP contribution in [0.2, 0.25) is 0 Å². The van der Waals surface area contributed by atoms with Crippen molar-refractivity contribution in [1.29, 1.82) is 0 Å². The lowest BCUT2D eigenvalue weighted by Crippen LogP contribution is -2.42. The number of amides is 1. The summed E-state index contributed by atoms with van der Waals surface area (Å²) in [4.78, 5) is 17.1. The molecule has 2 aliphatic rings. The summed E-state index contributed by atoms with van der Waals surface area (Å²) in [7, 11) is 1.60. The van der Waals surface area contributed by atoms with E-state index in [9.17, 15) is 13.6 Å². The van der Waals surface area contributed by atoms with Gasteiger partial charge < -0.3 is 4.90 Å². The third-order valence-corrected chi connectivity index (χ3v) is 4.05. The number of rotatable bonds is 4. The number of carbonyl (C=O) groups excluding carboxylic acids is 1. The zero-order valence-electron chi connectivity index (χ0n) is 11.8. The number of carbonyl (C=O) groups is 1.